The quantitative estimate of drug-likeness (QED) is 0.904. The zero-order chi connectivity index (χ0) is 17.1. The van der Waals surface area contributed by atoms with Crippen molar-refractivity contribution in [2.45, 2.75) is 18.9 Å². The van der Waals surface area contributed by atoms with E-state index in [0.29, 0.717) is 31.7 Å². The summed E-state index contributed by atoms with van der Waals surface area (Å²) in [5.41, 5.74) is 1.05. The van der Waals surface area contributed by atoms with Crippen LogP contribution in [0.3, 0.4) is 0 Å². The minimum absolute atomic E-state index is 0.0138. The molecule has 0 spiro atoms. The number of hydrogen-bond acceptors (Lipinski definition) is 5. The number of rotatable bonds is 5. The fraction of sp³-hybridized carbons (Fsp3) is 0.316. The van der Waals surface area contributed by atoms with Crippen LogP contribution in [0.4, 0.5) is 0 Å². The van der Waals surface area contributed by atoms with Crippen molar-refractivity contribution in [2.75, 3.05) is 19.9 Å². The lowest BCUT2D eigenvalue weighted by molar-refractivity contribution is -0.121. The van der Waals surface area contributed by atoms with Gasteiger partial charge in [-0.15, -0.1) is 0 Å². The lowest BCUT2D eigenvalue weighted by Crippen LogP contribution is -2.40. The van der Waals surface area contributed by atoms with Gasteiger partial charge in [0.05, 0.1) is 6.54 Å². The van der Waals surface area contributed by atoms with Crippen molar-refractivity contribution in [1.82, 2.24) is 5.32 Å². The number of amides is 1. The molecule has 6 nitrogen and oxygen atoms in total. The van der Waals surface area contributed by atoms with Gasteiger partial charge in [-0.05, 0) is 36.2 Å². The maximum Gasteiger partial charge on any atom is 0.231 e. The number of carbonyl (C=O) groups excluding carboxylic acids is 1. The summed E-state index contributed by atoms with van der Waals surface area (Å²) in [7, 11) is 0. The summed E-state index contributed by atoms with van der Waals surface area (Å²) < 4.78 is 22.1. The van der Waals surface area contributed by atoms with E-state index in [4.69, 9.17) is 18.9 Å². The van der Waals surface area contributed by atoms with Crippen molar-refractivity contribution in [1.29, 1.82) is 0 Å². The first-order chi connectivity index (χ1) is 12.3. The molecule has 2 aliphatic rings. The van der Waals surface area contributed by atoms with E-state index >= 15 is 0 Å². The van der Waals surface area contributed by atoms with Gasteiger partial charge in [0, 0.05) is 6.42 Å². The van der Waals surface area contributed by atoms with Crippen LogP contribution < -0.4 is 24.3 Å². The van der Waals surface area contributed by atoms with Gasteiger partial charge in [0.1, 0.15) is 12.7 Å². The molecule has 0 saturated heterocycles. The Kier molecular flexibility index (Phi) is 4.33. The van der Waals surface area contributed by atoms with Gasteiger partial charge in [0.15, 0.2) is 23.0 Å². The second-order valence-electron chi connectivity index (χ2n) is 5.99. The van der Waals surface area contributed by atoms with Crippen LogP contribution >= 0.6 is 0 Å². The van der Waals surface area contributed by atoms with E-state index in [1.165, 1.54) is 0 Å². The normalized spacial score (nSPS) is 17.2. The largest absolute Gasteiger partial charge is 0.486 e. The zero-order valence-corrected chi connectivity index (χ0v) is 13.7. The number of benzene rings is 2. The maximum atomic E-state index is 12.1. The van der Waals surface area contributed by atoms with Crippen LogP contribution in [0.15, 0.2) is 42.5 Å². The number of para-hydroxylation sites is 2. The molecular formula is C19H19NO5. The summed E-state index contributed by atoms with van der Waals surface area (Å²) in [5.74, 6) is 2.94. The number of nitrogens with one attached hydrogen (secondary N) is 1. The van der Waals surface area contributed by atoms with E-state index < -0.39 is 0 Å². The molecule has 1 unspecified atom stereocenters. The Labute approximate surface area is 145 Å². The van der Waals surface area contributed by atoms with Crippen LogP contribution in [-0.2, 0) is 11.2 Å². The van der Waals surface area contributed by atoms with Crippen molar-refractivity contribution in [3.63, 3.8) is 0 Å². The van der Waals surface area contributed by atoms with Gasteiger partial charge in [0.25, 0.3) is 0 Å². The van der Waals surface area contributed by atoms with Gasteiger partial charge >= 0.3 is 0 Å². The smallest absolute Gasteiger partial charge is 0.231 e. The maximum absolute atomic E-state index is 12.1. The molecule has 2 aliphatic heterocycles. The molecule has 0 aliphatic carbocycles. The number of aryl methyl sites for hydroxylation is 1. The van der Waals surface area contributed by atoms with E-state index in [0.717, 1.165) is 22.8 Å². The fourth-order valence-corrected chi connectivity index (χ4v) is 2.83. The standard InChI is InChI=1S/C19H19NO5/c21-19(8-6-13-5-7-16-18(9-13)24-12-23-16)20-10-14-11-22-15-3-1-2-4-17(15)25-14/h1-5,7,9,14H,6,8,10-12H2,(H,20,21). The first-order valence-electron chi connectivity index (χ1n) is 8.31. The Bertz CT molecular complexity index is 776. The summed E-state index contributed by atoms with van der Waals surface area (Å²) in [4.78, 5) is 12.1. The molecule has 0 radical (unpaired) electrons. The Morgan fingerprint density at radius 3 is 2.72 bits per heavy atom. The van der Waals surface area contributed by atoms with Crippen LogP contribution in [-0.4, -0.2) is 32.0 Å². The van der Waals surface area contributed by atoms with E-state index in [9.17, 15) is 4.79 Å². The zero-order valence-electron chi connectivity index (χ0n) is 13.7. The molecule has 2 heterocycles. The highest BCUT2D eigenvalue weighted by Crippen LogP contribution is 2.33. The Morgan fingerprint density at radius 2 is 1.80 bits per heavy atom. The lowest BCUT2D eigenvalue weighted by atomic mass is 10.1. The summed E-state index contributed by atoms with van der Waals surface area (Å²) in [5, 5.41) is 2.91. The summed E-state index contributed by atoms with van der Waals surface area (Å²) in [6.45, 7) is 1.11. The number of fused-ring (bicyclic) bond motifs is 2. The molecule has 4 rings (SSSR count). The Balaban J connectivity index is 1.23. The summed E-state index contributed by atoms with van der Waals surface area (Å²) >= 11 is 0. The molecular weight excluding hydrogens is 322 g/mol. The van der Waals surface area contributed by atoms with E-state index in [-0.39, 0.29) is 18.8 Å². The Morgan fingerprint density at radius 1 is 1.00 bits per heavy atom. The molecule has 0 aromatic heterocycles. The predicted molar refractivity (Wildman–Crippen MR) is 90.2 cm³/mol. The highest BCUT2D eigenvalue weighted by molar-refractivity contribution is 5.76. The molecule has 0 saturated carbocycles. The average Bonchev–Trinajstić information content (AvgIpc) is 3.12. The molecule has 2 aromatic carbocycles. The molecule has 25 heavy (non-hydrogen) atoms. The molecule has 2 aromatic rings. The minimum atomic E-state index is -0.176. The van der Waals surface area contributed by atoms with Crippen LogP contribution in [0.2, 0.25) is 0 Å². The third kappa shape index (κ3) is 3.63. The van der Waals surface area contributed by atoms with Gasteiger partial charge in [-0.3, -0.25) is 4.79 Å². The van der Waals surface area contributed by atoms with Gasteiger partial charge in [-0.25, -0.2) is 0 Å². The summed E-state index contributed by atoms with van der Waals surface area (Å²) in [6.07, 6.45) is 0.876. The second kappa shape index (κ2) is 6.93. The number of ether oxygens (including phenoxy) is 4. The van der Waals surface area contributed by atoms with Gasteiger partial charge in [0.2, 0.25) is 12.7 Å². The highest BCUT2D eigenvalue weighted by atomic mass is 16.7. The van der Waals surface area contributed by atoms with Crippen LogP contribution in [0, 0.1) is 0 Å². The predicted octanol–water partition coefficient (Wildman–Crippen LogP) is 2.30. The van der Waals surface area contributed by atoms with Crippen molar-refractivity contribution in [3.05, 3.63) is 48.0 Å². The van der Waals surface area contributed by atoms with Crippen LogP contribution in [0.25, 0.3) is 0 Å². The van der Waals surface area contributed by atoms with E-state index in [1.807, 2.05) is 42.5 Å². The second-order valence-corrected chi connectivity index (χ2v) is 5.99. The highest BCUT2D eigenvalue weighted by Gasteiger charge is 2.21. The first kappa shape index (κ1) is 15.6. The lowest BCUT2D eigenvalue weighted by Gasteiger charge is -2.26. The van der Waals surface area contributed by atoms with Crippen molar-refractivity contribution >= 4 is 5.91 Å². The fourth-order valence-electron chi connectivity index (χ4n) is 2.83. The van der Waals surface area contributed by atoms with Gasteiger partial charge in [-0.2, -0.15) is 0 Å². The van der Waals surface area contributed by atoms with Crippen LogP contribution in [0.1, 0.15) is 12.0 Å². The summed E-state index contributed by atoms with van der Waals surface area (Å²) in [6, 6.07) is 13.3. The molecule has 0 bridgehead atoms. The molecule has 0 fully saturated rings. The molecule has 1 amide bonds. The van der Waals surface area contributed by atoms with E-state index in [2.05, 4.69) is 5.32 Å². The molecule has 6 heteroatoms. The van der Waals surface area contributed by atoms with Gasteiger partial charge in [-0.1, -0.05) is 18.2 Å². The van der Waals surface area contributed by atoms with Crippen LogP contribution in [0.5, 0.6) is 23.0 Å². The van der Waals surface area contributed by atoms with Crippen molar-refractivity contribution in [2.24, 2.45) is 0 Å². The SMILES string of the molecule is O=C(CCc1ccc2c(c1)OCO2)NCC1COc2ccccc2O1. The third-order valence-corrected chi connectivity index (χ3v) is 4.17. The van der Waals surface area contributed by atoms with E-state index in [1.54, 1.807) is 0 Å². The minimum Gasteiger partial charge on any atom is -0.486 e. The van der Waals surface area contributed by atoms with Crippen molar-refractivity contribution < 1.29 is 23.7 Å². The first-order valence-corrected chi connectivity index (χ1v) is 8.31. The van der Waals surface area contributed by atoms with Crippen molar-refractivity contribution in [3.8, 4) is 23.0 Å². The molecule has 1 atom stereocenters. The molecule has 130 valence electrons. The monoisotopic (exact) mass is 341 g/mol. The van der Waals surface area contributed by atoms with Gasteiger partial charge < -0.3 is 24.3 Å². The average molecular weight is 341 g/mol. The Hall–Kier alpha value is -2.89. The molecule has 1 N–H and O–H groups in total. The number of hydrogen-bond donors (Lipinski definition) is 1. The number of carbonyl (C=O) groups is 1. The third-order valence-electron chi connectivity index (χ3n) is 4.17. The topological polar surface area (TPSA) is 66.0 Å².